The summed E-state index contributed by atoms with van der Waals surface area (Å²) in [6.07, 6.45) is 0. The van der Waals surface area contributed by atoms with E-state index in [0.29, 0.717) is 0 Å². The first-order chi connectivity index (χ1) is 5.84. The Balaban J connectivity index is 4.76. The lowest BCUT2D eigenvalue weighted by Crippen LogP contribution is -2.27. The molecule has 0 bridgehead atoms. The van der Waals surface area contributed by atoms with Gasteiger partial charge in [0, 0.05) is 0 Å². The second kappa shape index (κ2) is 4.56. The molecule has 0 unspecified atom stereocenters. The molecule has 0 saturated heterocycles. The molecule has 2 nitrogen and oxygen atoms in total. The fraction of sp³-hybridized carbons (Fsp3) is 0.625. The lowest BCUT2D eigenvalue weighted by Gasteiger charge is -2.19. The molecule has 5 heteroatoms. The summed E-state index contributed by atoms with van der Waals surface area (Å²) in [6, 6.07) is 0. The Kier molecular flexibility index (Phi) is 4.33. The van der Waals surface area contributed by atoms with Crippen LogP contribution in [0.1, 0.15) is 20.8 Å². The smallest absolute Gasteiger partial charge is 0.318 e. The van der Waals surface area contributed by atoms with Gasteiger partial charge in [0.05, 0.1) is 6.61 Å². The minimum Gasteiger partial charge on any atom is -0.465 e. The molecule has 0 heterocycles. The van der Waals surface area contributed by atoms with Gasteiger partial charge in [-0.3, -0.25) is 4.79 Å². The molecule has 0 aromatic rings. The normalized spacial score (nSPS) is 13.7. The third-order valence-corrected chi connectivity index (χ3v) is 1.67. The molecule has 0 N–H and O–H groups in total. The molecule has 0 aliphatic heterocycles. The van der Waals surface area contributed by atoms with Crippen LogP contribution < -0.4 is 0 Å². The first-order valence-corrected chi connectivity index (χ1v) is 4.10. The van der Waals surface area contributed by atoms with Crippen molar-refractivity contribution in [2.45, 2.75) is 20.8 Å². The third kappa shape index (κ3) is 2.95. The van der Waals surface area contributed by atoms with Crippen LogP contribution in [0.25, 0.3) is 0 Å². The summed E-state index contributed by atoms with van der Waals surface area (Å²) in [6.45, 7) is 4.08. The number of hydrogen-bond acceptors (Lipinski definition) is 2. The van der Waals surface area contributed by atoms with E-state index in [2.05, 4.69) is 4.74 Å². The van der Waals surface area contributed by atoms with E-state index in [1.807, 2.05) is 0 Å². The van der Waals surface area contributed by atoms with Crippen molar-refractivity contribution in [2.24, 2.45) is 5.41 Å². The Hall–Kier alpha value is -0.640. The highest BCUT2D eigenvalue weighted by Crippen LogP contribution is 2.33. The molecule has 0 aromatic heterocycles. The van der Waals surface area contributed by atoms with Gasteiger partial charge in [-0.1, -0.05) is 0 Å². The van der Waals surface area contributed by atoms with Crippen LogP contribution in [0, 0.1) is 5.41 Å². The van der Waals surface area contributed by atoms with Crippen LogP contribution in [0.3, 0.4) is 0 Å². The third-order valence-electron chi connectivity index (χ3n) is 1.50. The van der Waals surface area contributed by atoms with E-state index in [9.17, 15) is 13.6 Å². The fourth-order valence-electron chi connectivity index (χ4n) is 0.637. The molecule has 0 rings (SSSR count). The van der Waals surface area contributed by atoms with Crippen LogP contribution in [0.4, 0.5) is 8.78 Å². The lowest BCUT2D eigenvalue weighted by atomic mass is 9.92. The van der Waals surface area contributed by atoms with Gasteiger partial charge in [-0.25, -0.2) is 4.39 Å². The molecular weight excluding hydrogens is 202 g/mol. The number of carbonyl (C=O) groups excluding carboxylic acids is 1. The second-order valence-corrected chi connectivity index (χ2v) is 3.25. The molecule has 0 aliphatic carbocycles. The fourth-order valence-corrected chi connectivity index (χ4v) is 0.874. The molecule has 0 aliphatic rings. The van der Waals surface area contributed by atoms with Crippen molar-refractivity contribution in [3.05, 3.63) is 11.1 Å². The standard InChI is InChI=1S/C8H11ClF2O2/c1-4-13-7(12)8(2,3)5(10)6(9)11/h4H2,1-3H3/b6-5-. The van der Waals surface area contributed by atoms with Crippen LogP contribution in [0.5, 0.6) is 0 Å². The summed E-state index contributed by atoms with van der Waals surface area (Å²) in [5.74, 6) is -2.16. The van der Waals surface area contributed by atoms with Gasteiger partial charge in [-0.15, -0.1) is 0 Å². The van der Waals surface area contributed by atoms with E-state index >= 15 is 0 Å². The van der Waals surface area contributed by atoms with Crippen molar-refractivity contribution in [2.75, 3.05) is 6.61 Å². The monoisotopic (exact) mass is 212 g/mol. The highest BCUT2D eigenvalue weighted by Gasteiger charge is 2.36. The van der Waals surface area contributed by atoms with Crippen LogP contribution in [0.15, 0.2) is 11.1 Å². The van der Waals surface area contributed by atoms with E-state index in [0.717, 1.165) is 0 Å². The minimum absolute atomic E-state index is 0.111. The molecule has 13 heavy (non-hydrogen) atoms. The highest BCUT2D eigenvalue weighted by atomic mass is 35.5. The van der Waals surface area contributed by atoms with Crippen molar-refractivity contribution in [1.29, 1.82) is 0 Å². The van der Waals surface area contributed by atoms with Gasteiger partial charge in [-0.05, 0) is 32.4 Å². The summed E-state index contributed by atoms with van der Waals surface area (Å²) in [5, 5.41) is -1.52. The number of hydrogen-bond donors (Lipinski definition) is 0. The Morgan fingerprint density at radius 2 is 1.92 bits per heavy atom. The predicted molar refractivity (Wildman–Crippen MR) is 45.5 cm³/mol. The maximum Gasteiger partial charge on any atom is 0.318 e. The summed E-state index contributed by atoms with van der Waals surface area (Å²) in [7, 11) is 0. The number of esters is 1. The van der Waals surface area contributed by atoms with E-state index < -0.39 is 22.5 Å². The number of rotatable bonds is 3. The zero-order valence-corrected chi connectivity index (χ0v) is 8.41. The molecule has 0 aromatic carbocycles. The molecule has 0 spiro atoms. The maximum atomic E-state index is 12.9. The Morgan fingerprint density at radius 1 is 1.46 bits per heavy atom. The number of halogens is 3. The molecule has 76 valence electrons. The molecular formula is C8H11ClF2O2. The Labute approximate surface area is 80.5 Å². The van der Waals surface area contributed by atoms with Crippen molar-refractivity contribution >= 4 is 17.6 Å². The first-order valence-electron chi connectivity index (χ1n) is 3.72. The summed E-state index contributed by atoms with van der Waals surface area (Å²) in [4.78, 5) is 11.1. The average Bonchev–Trinajstić information content (AvgIpc) is 2.03. The minimum atomic E-state index is -1.66. The van der Waals surface area contributed by atoms with Gasteiger partial charge < -0.3 is 4.74 Å². The van der Waals surface area contributed by atoms with Gasteiger partial charge in [-0.2, -0.15) is 4.39 Å². The van der Waals surface area contributed by atoms with Gasteiger partial charge >= 0.3 is 5.97 Å². The highest BCUT2D eigenvalue weighted by molar-refractivity contribution is 6.28. The average molecular weight is 213 g/mol. The predicted octanol–water partition coefficient (Wildman–Crippen LogP) is 2.92. The summed E-state index contributed by atoms with van der Waals surface area (Å²) in [5.41, 5.74) is -1.66. The SMILES string of the molecule is CCOC(=O)C(C)(C)/C(F)=C(/F)Cl. The van der Waals surface area contributed by atoms with E-state index in [1.165, 1.54) is 13.8 Å². The van der Waals surface area contributed by atoms with E-state index in [-0.39, 0.29) is 6.61 Å². The van der Waals surface area contributed by atoms with E-state index in [1.54, 1.807) is 6.92 Å². The van der Waals surface area contributed by atoms with Crippen LogP contribution in [-0.2, 0) is 9.53 Å². The molecule has 0 saturated carbocycles. The maximum absolute atomic E-state index is 12.9. The Bertz CT molecular complexity index is 232. The number of carbonyl (C=O) groups is 1. The van der Waals surface area contributed by atoms with Crippen LogP contribution in [0.2, 0.25) is 0 Å². The van der Waals surface area contributed by atoms with Crippen molar-refractivity contribution in [1.82, 2.24) is 0 Å². The van der Waals surface area contributed by atoms with Crippen molar-refractivity contribution in [3.63, 3.8) is 0 Å². The summed E-state index contributed by atoms with van der Waals surface area (Å²) < 4.78 is 29.7. The zero-order valence-electron chi connectivity index (χ0n) is 7.66. The molecule has 0 atom stereocenters. The lowest BCUT2D eigenvalue weighted by molar-refractivity contribution is -0.152. The van der Waals surface area contributed by atoms with Crippen LogP contribution >= 0.6 is 11.6 Å². The van der Waals surface area contributed by atoms with E-state index in [4.69, 9.17) is 11.6 Å². The van der Waals surface area contributed by atoms with Crippen molar-refractivity contribution < 1.29 is 18.3 Å². The first kappa shape index (κ1) is 12.4. The number of ether oxygens (including phenoxy) is 1. The quantitative estimate of drug-likeness (QED) is 0.673. The van der Waals surface area contributed by atoms with Crippen molar-refractivity contribution in [3.8, 4) is 0 Å². The molecule has 0 fully saturated rings. The van der Waals surface area contributed by atoms with Gasteiger partial charge in [0.15, 0.2) is 5.83 Å². The molecule has 0 amide bonds. The second-order valence-electron chi connectivity index (χ2n) is 2.92. The van der Waals surface area contributed by atoms with Gasteiger partial charge in [0.2, 0.25) is 5.29 Å². The zero-order chi connectivity index (χ0) is 10.6. The van der Waals surface area contributed by atoms with Gasteiger partial charge in [0.25, 0.3) is 0 Å². The topological polar surface area (TPSA) is 26.3 Å². The Morgan fingerprint density at radius 3 is 2.23 bits per heavy atom. The van der Waals surface area contributed by atoms with Gasteiger partial charge in [0.1, 0.15) is 5.41 Å². The largest absolute Gasteiger partial charge is 0.465 e. The van der Waals surface area contributed by atoms with Crippen LogP contribution in [-0.4, -0.2) is 12.6 Å². The summed E-state index contributed by atoms with van der Waals surface area (Å²) >= 11 is 4.79. The molecule has 0 radical (unpaired) electrons.